The van der Waals surface area contributed by atoms with Gasteiger partial charge >= 0.3 is 0 Å². The minimum atomic E-state index is 0.597. The van der Waals surface area contributed by atoms with Gasteiger partial charge in [-0.15, -0.1) is 0 Å². The predicted octanol–water partition coefficient (Wildman–Crippen LogP) is 4.01. The van der Waals surface area contributed by atoms with E-state index < -0.39 is 0 Å². The summed E-state index contributed by atoms with van der Waals surface area (Å²) >= 11 is 0. The lowest BCUT2D eigenvalue weighted by molar-refractivity contribution is 0.485. The van der Waals surface area contributed by atoms with Gasteiger partial charge in [-0.3, -0.25) is 4.98 Å². The Morgan fingerprint density at radius 1 is 1.25 bits per heavy atom. The van der Waals surface area contributed by atoms with Crippen molar-refractivity contribution in [2.24, 2.45) is 0 Å². The van der Waals surface area contributed by atoms with Crippen LogP contribution in [0.3, 0.4) is 0 Å². The van der Waals surface area contributed by atoms with Crippen molar-refractivity contribution < 1.29 is 0 Å². The Hall–Kier alpha value is -1.31. The van der Waals surface area contributed by atoms with Gasteiger partial charge in [-0.1, -0.05) is 13.8 Å². The zero-order chi connectivity index (χ0) is 11.7. The number of nitrogens with zero attached hydrogens (tertiary/aromatic N) is 2. The van der Waals surface area contributed by atoms with E-state index in [0.29, 0.717) is 6.04 Å². The molecule has 16 heavy (non-hydrogen) atoms. The van der Waals surface area contributed by atoms with E-state index in [1.165, 1.54) is 29.5 Å². The lowest BCUT2D eigenvalue weighted by Gasteiger charge is -2.16. The second-order valence-corrected chi connectivity index (χ2v) is 4.57. The Kier molecular flexibility index (Phi) is 2.99. The summed E-state index contributed by atoms with van der Waals surface area (Å²) in [5, 5.41) is 0. The Morgan fingerprint density at radius 2 is 1.94 bits per heavy atom. The van der Waals surface area contributed by atoms with Gasteiger partial charge in [0.25, 0.3) is 0 Å². The van der Waals surface area contributed by atoms with Crippen LogP contribution >= 0.6 is 0 Å². The highest BCUT2D eigenvalue weighted by atomic mass is 15.0. The highest BCUT2D eigenvalue weighted by molar-refractivity contribution is 5.80. The highest BCUT2D eigenvalue weighted by Crippen LogP contribution is 2.26. The molecule has 0 unspecified atom stereocenters. The summed E-state index contributed by atoms with van der Waals surface area (Å²) in [6.07, 6.45) is 6.54. The average Bonchev–Trinajstić information content (AvgIpc) is 2.58. The molecule has 0 spiro atoms. The van der Waals surface area contributed by atoms with Gasteiger partial charge in [-0.25, -0.2) is 0 Å². The van der Waals surface area contributed by atoms with Crippen LogP contribution in [0.15, 0.2) is 18.5 Å². The maximum atomic E-state index is 4.53. The molecule has 0 aliphatic carbocycles. The molecule has 2 heteroatoms. The van der Waals surface area contributed by atoms with Crippen LogP contribution < -0.4 is 0 Å². The van der Waals surface area contributed by atoms with Gasteiger partial charge < -0.3 is 4.57 Å². The van der Waals surface area contributed by atoms with Crippen LogP contribution in [0, 0.1) is 13.8 Å². The molecule has 0 aliphatic rings. The first-order valence-electron chi connectivity index (χ1n) is 6.11. The molecular formula is C14H20N2. The van der Waals surface area contributed by atoms with Gasteiger partial charge in [0.2, 0.25) is 0 Å². The average molecular weight is 216 g/mol. The predicted molar refractivity (Wildman–Crippen MR) is 68.8 cm³/mol. The van der Waals surface area contributed by atoms with Crippen molar-refractivity contribution in [2.45, 2.75) is 46.6 Å². The van der Waals surface area contributed by atoms with Crippen molar-refractivity contribution in [1.29, 1.82) is 0 Å². The maximum Gasteiger partial charge on any atom is 0.0910 e. The molecule has 0 N–H and O–H groups in total. The van der Waals surface area contributed by atoms with Gasteiger partial charge in [0.1, 0.15) is 0 Å². The van der Waals surface area contributed by atoms with Crippen molar-refractivity contribution >= 4 is 11.0 Å². The van der Waals surface area contributed by atoms with Crippen LogP contribution in [0.4, 0.5) is 0 Å². The molecule has 0 radical (unpaired) electrons. The molecule has 0 aromatic carbocycles. The van der Waals surface area contributed by atoms with Crippen LogP contribution in [-0.2, 0) is 0 Å². The van der Waals surface area contributed by atoms with Gasteiger partial charge in [0.15, 0.2) is 0 Å². The lowest BCUT2D eigenvalue weighted by atomic mass is 10.1. The van der Waals surface area contributed by atoms with Gasteiger partial charge in [0, 0.05) is 18.4 Å². The third-order valence-corrected chi connectivity index (χ3v) is 3.32. The van der Waals surface area contributed by atoms with E-state index in [2.05, 4.69) is 49.5 Å². The van der Waals surface area contributed by atoms with E-state index in [0.717, 1.165) is 5.52 Å². The fraction of sp³-hybridized carbons (Fsp3) is 0.500. The van der Waals surface area contributed by atoms with Crippen molar-refractivity contribution in [1.82, 2.24) is 9.55 Å². The number of aryl methyl sites for hydroxylation is 2. The van der Waals surface area contributed by atoms with Crippen LogP contribution in [0.1, 0.15) is 43.9 Å². The Balaban J connectivity index is 2.65. The first kappa shape index (κ1) is 11.2. The van der Waals surface area contributed by atoms with E-state index in [4.69, 9.17) is 0 Å². The van der Waals surface area contributed by atoms with Crippen molar-refractivity contribution in [2.75, 3.05) is 0 Å². The summed E-state index contributed by atoms with van der Waals surface area (Å²) in [4.78, 5) is 4.53. The van der Waals surface area contributed by atoms with Crippen LogP contribution in [-0.4, -0.2) is 9.55 Å². The van der Waals surface area contributed by atoms with Crippen LogP contribution in [0.5, 0.6) is 0 Å². The van der Waals surface area contributed by atoms with Crippen molar-refractivity contribution in [3.8, 4) is 0 Å². The summed E-state index contributed by atoms with van der Waals surface area (Å²) in [6.45, 7) is 8.74. The smallest absolute Gasteiger partial charge is 0.0910 e. The molecular weight excluding hydrogens is 196 g/mol. The zero-order valence-corrected chi connectivity index (χ0v) is 10.6. The van der Waals surface area contributed by atoms with E-state index in [1.807, 2.05) is 6.20 Å². The minimum Gasteiger partial charge on any atom is -0.343 e. The normalized spacial score (nSPS) is 11.6. The Labute approximate surface area is 97.3 Å². The fourth-order valence-corrected chi connectivity index (χ4v) is 2.38. The van der Waals surface area contributed by atoms with E-state index in [1.54, 1.807) is 0 Å². The molecule has 2 aromatic heterocycles. The molecule has 0 saturated heterocycles. The molecule has 0 saturated carbocycles. The molecule has 0 fully saturated rings. The standard InChI is InChI=1S/C14H20N2/c1-5-12(6-2)16-9-11(4)14-13(16)7-10(3)8-15-14/h7-9,12H,5-6H2,1-4H3. The van der Waals surface area contributed by atoms with E-state index in [9.17, 15) is 0 Å². The van der Waals surface area contributed by atoms with Crippen molar-refractivity contribution in [3.05, 3.63) is 29.6 Å². The molecule has 0 amide bonds. The molecule has 2 heterocycles. The monoisotopic (exact) mass is 216 g/mol. The third kappa shape index (κ3) is 1.73. The van der Waals surface area contributed by atoms with Gasteiger partial charge in [-0.05, 0) is 43.9 Å². The molecule has 0 atom stereocenters. The van der Waals surface area contributed by atoms with Crippen LogP contribution in [0.2, 0.25) is 0 Å². The quantitative estimate of drug-likeness (QED) is 0.758. The summed E-state index contributed by atoms with van der Waals surface area (Å²) in [5.41, 5.74) is 4.95. The zero-order valence-electron chi connectivity index (χ0n) is 10.6. The second kappa shape index (κ2) is 4.28. The van der Waals surface area contributed by atoms with E-state index in [-0.39, 0.29) is 0 Å². The number of hydrogen-bond donors (Lipinski definition) is 0. The summed E-state index contributed by atoms with van der Waals surface area (Å²) in [6, 6.07) is 2.84. The number of fused-ring (bicyclic) bond motifs is 1. The second-order valence-electron chi connectivity index (χ2n) is 4.57. The number of pyridine rings is 1. The molecule has 0 aliphatic heterocycles. The summed E-state index contributed by atoms with van der Waals surface area (Å²) in [5.74, 6) is 0. The Bertz CT molecular complexity index is 493. The molecule has 2 rings (SSSR count). The molecule has 0 bridgehead atoms. The highest BCUT2D eigenvalue weighted by Gasteiger charge is 2.12. The van der Waals surface area contributed by atoms with E-state index >= 15 is 0 Å². The first-order valence-corrected chi connectivity index (χ1v) is 6.11. The summed E-state index contributed by atoms with van der Waals surface area (Å²) in [7, 11) is 0. The Morgan fingerprint density at radius 3 is 2.56 bits per heavy atom. The number of rotatable bonds is 3. The topological polar surface area (TPSA) is 17.8 Å². The molecule has 2 aromatic rings. The number of hydrogen-bond acceptors (Lipinski definition) is 1. The van der Waals surface area contributed by atoms with Crippen molar-refractivity contribution in [3.63, 3.8) is 0 Å². The lowest BCUT2D eigenvalue weighted by Crippen LogP contribution is -2.05. The third-order valence-electron chi connectivity index (χ3n) is 3.32. The van der Waals surface area contributed by atoms with Gasteiger partial charge in [0.05, 0.1) is 11.0 Å². The number of aromatic nitrogens is 2. The SMILES string of the molecule is CCC(CC)n1cc(C)c2ncc(C)cc21. The maximum absolute atomic E-state index is 4.53. The first-order chi connectivity index (χ1) is 7.67. The molecule has 86 valence electrons. The minimum absolute atomic E-state index is 0.597. The van der Waals surface area contributed by atoms with Gasteiger partial charge in [-0.2, -0.15) is 0 Å². The van der Waals surface area contributed by atoms with Crippen LogP contribution in [0.25, 0.3) is 11.0 Å². The summed E-state index contributed by atoms with van der Waals surface area (Å²) < 4.78 is 2.39. The molecule has 2 nitrogen and oxygen atoms in total. The fourth-order valence-electron chi connectivity index (χ4n) is 2.38. The largest absolute Gasteiger partial charge is 0.343 e.